The fourth-order valence-corrected chi connectivity index (χ4v) is 2.24. The lowest BCUT2D eigenvalue weighted by atomic mass is 10.1. The van der Waals surface area contributed by atoms with Crippen molar-refractivity contribution in [3.63, 3.8) is 0 Å². The van der Waals surface area contributed by atoms with E-state index in [-0.39, 0.29) is 0 Å². The van der Waals surface area contributed by atoms with Crippen molar-refractivity contribution in [1.29, 1.82) is 0 Å². The van der Waals surface area contributed by atoms with Crippen LogP contribution in [0.5, 0.6) is 5.75 Å². The highest BCUT2D eigenvalue weighted by Crippen LogP contribution is 2.22. The van der Waals surface area contributed by atoms with Gasteiger partial charge in [-0.3, -0.25) is 0 Å². The van der Waals surface area contributed by atoms with Crippen molar-refractivity contribution in [3.8, 4) is 5.75 Å². The second-order valence-corrected chi connectivity index (χ2v) is 4.27. The summed E-state index contributed by atoms with van der Waals surface area (Å²) in [6.45, 7) is 2.26. The number of piperidine rings is 1. The quantitative estimate of drug-likeness (QED) is 0.842. The van der Waals surface area contributed by atoms with Gasteiger partial charge in [0.05, 0.1) is 7.11 Å². The highest BCUT2D eigenvalue weighted by atomic mass is 16.5. The molecule has 0 radical (unpaired) electrons. The minimum Gasteiger partial charge on any atom is -0.497 e. The lowest BCUT2D eigenvalue weighted by molar-refractivity contribution is 0.414. The molecule has 1 aromatic rings. The molecule has 3 nitrogen and oxygen atoms in total. The first-order chi connectivity index (χ1) is 7.83. The summed E-state index contributed by atoms with van der Waals surface area (Å²) in [7, 11) is 3.75. The van der Waals surface area contributed by atoms with Crippen molar-refractivity contribution in [1.82, 2.24) is 5.32 Å². The monoisotopic (exact) mass is 220 g/mol. The molecule has 2 rings (SSSR count). The van der Waals surface area contributed by atoms with Crippen molar-refractivity contribution in [2.45, 2.75) is 18.9 Å². The molecule has 0 saturated carbocycles. The third-order valence-corrected chi connectivity index (χ3v) is 3.27. The molecule has 0 bridgehead atoms. The molecule has 0 amide bonds. The lowest BCUT2D eigenvalue weighted by Crippen LogP contribution is -2.44. The van der Waals surface area contributed by atoms with Crippen LogP contribution >= 0.6 is 0 Å². The zero-order chi connectivity index (χ0) is 11.4. The summed E-state index contributed by atoms with van der Waals surface area (Å²) in [6, 6.07) is 8.94. The van der Waals surface area contributed by atoms with Crippen molar-refractivity contribution in [2.75, 3.05) is 32.1 Å². The summed E-state index contributed by atoms with van der Waals surface area (Å²) >= 11 is 0. The van der Waals surface area contributed by atoms with Gasteiger partial charge in [-0.1, -0.05) is 0 Å². The first kappa shape index (κ1) is 11.3. The third-order valence-electron chi connectivity index (χ3n) is 3.27. The highest BCUT2D eigenvalue weighted by molar-refractivity contribution is 5.49. The Morgan fingerprint density at radius 3 is 2.69 bits per heavy atom. The Morgan fingerprint density at radius 1 is 1.31 bits per heavy atom. The Kier molecular flexibility index (Phi) is 3.67. The predicted molar refractivity (Wildman–Crippen MR) is 67.3 cm³/mol. The van der Waals surface area contributed by atoms with Gasteiger partial charge in [0.2, 0.25) is 0 Å². The second-order valence-electron chi connectivity index (χ2n) is 4.27. The van der Waals surface area contributed by atoms with E-state index in [0.717, 1.165) is 18.8 Å². The zero-order valence-electron chi connectivity index (χ0n) is 10.1. The number of ether oxygens (including phenoxy) is 1. The van der Waals surface area contributed by atoms with Gasteiger partial charge in [0, 0.05) is 24.8 Å². The van der Waals surface area contributed by atoms with Gasteiger partial charge < -0.3 is 15.0 Å². The molecule has 1 aromatic carbocycles. The minimum atomic E-state index is 0.621. The van der Waals surface area contributed by atoms with E-state index in [1.807, 2.05) is 19.2 Å². The molecule has 1 aliphatic heterocycles. The molecule has 0 spiro atoms. The van der Waals surface area contributed by atoms with Gasteiger partial charge >= 0.3 is 0 Å². The summed E-state index contributed by atoms with van der Waals surface area (Å²) in [6.07, 6.45) is 2.54. The molecule has 3 heteroatoms. The van der Waals surface area contributed by atoms with Gasteiger partial charge in [0.15, 0.2) is 0 Å². The number of methoxy groups -OCH3 is 1. The van der Waals surface area contributed by atoms with Crippen LogP contribution in [0.3, 0.4) is 0 Å². The molecule has 1 fully saturated rings. The van der Waals surface area contributed by atoms with E-state index < -0.39 is 0 Å². The maximum absolute atomic E-state index is 5.17. The molecule has 0 aromatic heterocycles. The molecule has 1 N–H and O–H groups in total. The molecular formula is C13H20N2O. The van der Waals surface area contributed by atoms with E-state index in [0.29, 0.717) is 6.04 Å². The van der Waals surface area contributed by atoms with Crippen molar-refractivity contribution < 1.29 is 4.74 Å². The number of benzene rings is 1. The van der Waals surface area contributed by atoms with E-state index in [1.54, 1.807) is 7.11 Å². The number of rotatable bonds is 3. The Labute approximate surface area is 97.4 Å². The zero-order valence-corrected chi connectivity index (χ0v) is 10.1. The largest absolute Gasteiger partial charge is 0.497 e. The maximum atomic E-state index is 5.17. The topological polar surface area (TPSA) is 24.5 Å². The number of nitrogens with one attached hydrogen (secondary N) is 1. The van der Waals surface area contributed by atoms with Gasteiger partial charge in [-0.2, -0.15) is 0 Å². The molecule has 1 aliphatic rings. The molecule has 1 heterocycles. The van der Waals surface area contributed by atoms with Gasteiger partial charge in [0.1, 0.15) is 5.75 Å². The van der Waals surface area contributed by atoms with Crippen LogP contribution in [0.25, 0.3) is 0 Å². The van der Waals surface area contributed by atoms with Gasteiger partial charge in [-0.25, -0.2) is 0 Å². The van der Waals surface area contributed by atoms with Crippen LogP contribution in [0, 0.1) is 0 Å². The third kappa shape index (κ3) is 2.47. The summed E-state index contributed by atoms with van der Waals surface area (Å²) in [5.41, 5.74) is 1.29. The average Bonchev–Trinajstić information content (AvgIpc) is 2.39. The van der Waals surface area contributed by atoms with Crippen molar-refractivity contribution >= 4 is 5.69 Å². The SMILES string of the molecule is CNC1CCCN(c2ccc(OC)cc2)C1. The molecule has 1 unspecified atom stereocenters. The first-order valence-electron chi connectivity index (χ1n) is 5.89. The smallest absolute Gasteiger partial charge is 0.119 e. The van der Waals surface area contributed by atoms with E-state index in [9.17, 15) is 0 Å². The fourth-order valence-electron chi connectivity index (χ4n) is 2.24. The molecule has 1 atom stereocenters. The summed E-state index contributed by atoms with van der Waals surface area (Å²) in [5, 5.41) is 3.36. The molecule has 0 aliphatic carbocycles. The van der Waals surface area contributed by atoms with Gasteiger partial charge in [-0.05, 0) is 44.2 Å². The summed E-state index contributed by atoms with van der Waals surface area (Å²) in [5.74, 6) is 0.922. The predicted octanol–water partition coefficient (Wildman–Crippen LogP) is 1.88. The molecule has 88 valence electrons. The number of hydrogen-bond acceptors (Lipinski definition) is 3. The van der Waals surface area contributed by atoms with Crippen LogP contribution in [0.2, 0.25) is 0 Å². The van der Waals surface area contributed by atoms with Crippen LogP contribution in [-0.2, 0) is 0 Å². The Morgan fingerprint density at radius 2 is 2.06 bits per heavy atom. The van der Waals surface area contributed by atoms with Crippen LogP contribution in [-0.4, -0.2) is 33.3 Å². The fraction of sp³-hybridized carbons (Fsp3) is 0.538. The average molecular weight is 220 g/mol. The normalized spacial score (nSPS) is 20.9. The standard InChI is InChI=1S/C13H20N2O/c1-14-11-4-3-9-15(10-11)12-5-7-13(16-2)8-6-12/h5-8,11,14H,3-4,9-10H2,1-2H3. The lowest BCUT2D eigenvalue weighted by Gasteiger charge is -2.34. The number of nitrogens with zero attached hydrogens (tertiary/aromatic N) is 1. The van der Waals surface area contributed by atoms with Crippen LogP contribution in [0.15, 0.2) is 24.3 Å². The first-order valence-corrected chi connectivity index (χ1v) is 5.89. The highest BCUT2D eigenvalue weighted by Gasteiger charge is 2.18. The van der Waals surface area contributed by atoms with E-state index in [1.165, 1.54) is 18.5 Å². The molecule has 1 saturated heterocycles. The van der Waals surface area contributed by atoms with Crippen molar-refractivity contribution in [3.05, 3.63) is 24.3 Å². The van der Waals surface area contributed by atoms with E-state index in [4.69, 9.17) is 4.74 Å². The van der Waals surface area contributed by atoms with Gasteiger partial charge in [0.25, 0.3) is 0 Å². The summed E-state index contributed by atoms with van der Waals surface area (Å²) in [4.78, 5) is 2.43. The number of likely N-dealkylation sites (N-methyl/N-ethyl adjacent to an activating group) is 1. The molecule has 16 heavy (non-hydrogen) atoms. The van der Waals surface area contributed by atoms with Gasteiger partial charge in [-0.15, -0.1) is 0 Å². The van der Waals surface area contributed by atoms with E-state index in [2.05, 4.69) is 22.3 Å². The number of hydrogen-bond donors (Lipinski definition) is 1. The second kappa shape index (κ2) is 5.21. The van der Waals surface area contributed by atoms with Crippen LogP contribution < -0.4 is 15.0 Å². The van der Waals surface area contributed by atoms with Crippen molar-refractivity contribution in [2.24, 2.45) is 0 Å². The Bertz CT molecular complexity index is 323. The Balaban J connectivity index is 2.05. The Hall–Kier alpha value is -1.22. The minimum absolute atomic E-state index is 0.621. The van der Waals surface area contributed by atoms with E-state index >= 15 is 0 Å². The number of anilines is 1. The maximum Gasteiger partial charge on any atom is 0.119 e. The van der Waals surface area contributed by atoms with Crippen LogP contribution in [0.4, 0.5) is 5.69 Å². The summed E-state index contributed by atoms with van der Waals surface area (Å²) < 4.78 is 5.17. The van der Waals surface area contributed by atoms with Crippen LogP contribution in [0.1, 0.15) is 12.8 Å². The molecular weight excluding hydrogens is 200 g/mol.